The van der Waals surface area contributed by atoms with E-state index < -0.39 is 12.1 Å². The third kappa shape index (κ3) is 3.02. The molecule has 5 heteroatoms. The fourth-order valence-electron chi connectivity index (χ4n) is 2.39. The van der Waals surface area contributed by atoms with Crippen molar-refractivity contribution in [3.8, 4) is 0 Å². The van der Waals surface area contributed by atoms with Gasteiger partial charge in [0.1, 0.15) is 5.82 Å². The molecule has 1 N–H and O–H groups in total. The van der Waals surface area contributed by atoms with Gasteiger partial charge in [-0.2, -0.15) is 13.2 Å². The molecule has 0 aliphatic carbocycles. The molecule has 0 spiro atoms. The number of alkyl halides is 3. The van der Waals surface area contributed by atoms with Crippen molar-refractivity contribution in [2.24, 2.45) is 5.92 Å². The van der Waals surface area contributed by atoms with E-state index in [1.165, 1.54) is 12.1 Å². The predicted octanol–water partition coefficient (Wildman–Crippen LogP) is 3.74. The summed E-state index contributed by atoms with van der Waals surface area (Å²) in [7, 11) is 0. The summed E-state index contributed by atoms with van der Waals surface area (Å²) in [6, 6.07) is 4.43. The van der Waals surface area contributed by atoms with Gasteiger partial charge < -0.3 is 5.32 Å². The van der Waals surface area contributed by atoms with Gasteiger partial charge >= 0.3 is 6.18 Å². The van der Waals surface area contributed by atoms with Crippen LogP contribution in [-0.4, -0.2) is 12.7 Å². The van der Waals surface area contributed by atoms with Crippen LogP contribution in [0.2, 0.25) is 0 Å². The Morgan fingerprint density at radius 1 is 1.17 bits per heavy atom. The first-order valence-corrected chi connectivity index (χ1v) is 5.93. The monoisotopic (exact) mass is 261 g/mol. The molecule has 1 nitrogen and oxygen atoms in total. The largest absolute Gasteiger partial charge is 0.393 e. The summed E-state index contributed by atoms with van der Waals surface area (Å²) in [4.78, 5) is 0. The van der Waals surface area contributed by atoms with E-state index in [0.717, 1.165) is 11.1 Å². The Kier molecular flexibility index (Phi) is 3.61. The minimum absolute atomic E-state index is 0.0935. The van der Waals surface area contributed by atoms with Gasteiger partial charge in [-0.3, -0.25) is 0 Å². The van der Waals surface area contributed by atoms with Gasteiger partial charge in [0, 0.05) is 12.6 Å². The Hall–Kier alpha value is -1.10. The van der Waals surface area contributed by atoms with E-state index in [1.807, 2.05) is 6.07 Å². The average molecular weight is 261 g/mol. The molecule has 1 heterocycles. The summed E-state index contributed by atoms with van der Waals surface area (Å²) >= 11 is 0. The molecule has 1 fully saturated rings. The molecular weight excluding hydrogens is 246 g/mol. The third-order valence-electron chi connectivity index (χ3n) is 3.34. The molecule has 18 heavy (non-hydrogen) atoms. The van der Waals surface area contributed by atoms with Crippen LogP contribution in [0.15, 0.2) is 18.2 Å². The lowest BCUT2D eigenvalue weighted by atomic mass is 9.90. The van der Waals surface area contributed by atoms with E-state index in [9.17, 15) is 17.6 Å². The van der Waals surface area contributed by atoms with Gasteiger partial charge in [-0.15, -0.1) is 0 Å². The van der Waals surface area contributed by atoms with Gasteiger partial charge in [0.15, 0.2) is 0 Å². The van der Waals surface area contributed by atoms with Crippen molar-refractivity contribution in [1.82, 2.24) is 5.32 Å². The molecule has 0 aromatic heterocycles. The maximum Gasteiger partial charge on any atom is 0.393 e. The van der Waals surface area contributed by atoms with Crippen molar-refractivity contribution in [2.75, 3.05) is 6.54 Å². The van der Waals surface area contributed by atoms with Crippen molar-refractivity contribution < 1.29 is 17.6 Å². The van der Waals surface area contributed by atoms with Crippen LogP contribution in [0.1, 0.15) is 30.0 Å². The molecule has 1 saturated heterocycles. The predicted molar refractivity (Wildman–Crippen MR) is 60.7 cm³/mol. The van der Waals surface area contributed by atoms with Crippen LogP contribution in [-0.2, 0) is 0 Å². The van der Waals surface area contributed by atoms with Crippen LogP contribution in [0.4, 0.5) is 17.6 Å². The van der Waals surface area contributed by atoms with Gasteiger partial charge in [0.25, 0.3) is 0 Å². The Labute approximate surface area is 103 Å². The van der Waals surface area contributed by atoms with Gasteiger partial charge in [-0.25, -0.2) is 4.39 Å². The smallest absolute Gasteiger partial charge is 0.309 e. The molecule has 2 unspecified atom stereocenters. The van der Waals surface area contributed by atoms with Gasteiger partial charge in [-0.05, 0) is 43.0 Å². The quantitative estimate of drug-likeness (QED) is 0.759. The van der Waals surface area contributed by atoms with Crippen molar-refractivity contribution >= 4 is 0 Å². The first-order chi connectivity index (χ1) is 8.36. The van der Waals surface area contributed by atoms with Gasteiger partial charge in [0.05, 0.1) is 5.92 Å². The van der Waals surface area contributed by atoms with E-state index in [0.29, 0.717) is 6.42 Å². The van der Waals surface area contributed by atoms with Crippen LogP contribution in [0.3, 0.4) is 0 Å². The molecule has 0 amide bonds. The fraction of sp³-hybridized carbons (Fsp3) is 0.538. The zero-order chi connectivity index (χ0) is 13.3. The number of piperidine rings is 1. The van der Waals surface area contributed by atoms with Gasteiger partial charge in [-0.1, -0.05) is 6.07 Å². The molecule has 1 aliphatic rings. The second-order valence-electron chi connectivity index (χ2n) is 4.84. The summed E-state index contributed by atoms with van der Waals surface area (Å²) in [6.45, 7) is 1.68. The van der Waals surface area contributed by atoms with E-state index in [1.54, 1.807) is 6.92 Å². The minimum atomic E-state index is -4.14. The fourth-order valence-corrected chi connectivity index (χ4v) is 2.39. The SMILES string of the molecule is Cc1cc(F)cc(C2CCC(C(F)(F)F)CN2)c1. The summed E-state index contributed by atoms with van der Waals surface area (Å²) in [5.74, 6) is -1.63. The summed E-state index contributed by atoms with van der Waals surface area (Å²) < 4.78 is 50.7. The normalized spacial score (nSPS) is 25.2. The molecule has 0 radical (unpaired) electrons. The number of rotatable bonds is 1. The molecule has 2 rings (SSSR count). The Morgan fingerprint density at radius 3 is 2.39 bits per heavy atom. The highest BCUT2D eigenvalue weighted by molar-refractivity contribution is 5.26. The third-order valence-corrected chi connectivity index (χ3v) is 3.34. The van der Waals surface area contributed by atoms with Gasteiger partial charge in [0.2, 0.25) is 0 Å². The lowest BCUT2D eigenvalue weighted by molar-refractivity contribution is -0.179. The van der Waals surface area contributed by atoms with Crippen molar-refractivity contribution in [3.05, 3.63) is 35.1 Å². The topological polar surface area (TPSA) is 12.0 Å². The Morgan fingerprint density at radius 2 is 1.89 bits per heavy atom. The Bertz CT molecular complexity index is 399. The molecule has 0 saturated carbocycles. The molecule has 1 aliphatic heterocycles. The van der Waals surface area contributed by atoms with E-state index in [-0.39, 0.29) is 24.8 Å². The molecule has 2 atom stereocenters. The molecule has 1 aromatic rings. The molecule has 1 aromatic carbocycles. The number of aryl methyl sites for hydroxylation is 1. The number of hydrogen-bond acceptors (Lipinski definition) is 1. The second kappa shape index (κ2) is 4.88. The first-order valence-electron chi connectivity index (χ1n) is 5.93. The van der Waals surface area contributed by atoms with E-state index in [4.69, 9.17) is 0 Å². The number of halogens is 4. The van der Waals surface area contributed by atoms with Crippen LogP contribution in [0.5, 0.6) is 0 Å². The number of nitrogens with one attached hydrogen (secondary N) is 1. The minimum Gasteiger partial charge on any atom is -0.309 e. The van der Waals surface area contributed by atoms with Crippen LogP contribution in [0.25, 0.3) is 0 Å². The van der Waals surface area contributed by atoms with E-state index in [2.05, 4.69) is 5.32 Å². The highest BCUT2D eigenvalue weighted by Gasteiger charge is 2.41. The number of hydrogen-bond donors (Lipinski definition) is 1. The van der Waals surface area contributed by atoms with E-state index >= 15 is 0 Å². The van der Waals surface area contributed by atoms with Crippen molar-refractivity contribution in [2.45, 2.75) is 32.0 Å². The average Bonchev–Trinajstić information content (AvgIpc) is 2.27. The van der Waals surface area contributed by atoms with Crippen LogP contribution >= 0.6 is 0 Å². The Balaban J connectivity index is 2.05. The molecular formula is C13H15F4N. The molecule has 0 bridgehead atoms. The van der Waals surface area contributed by atoms with Crippen LogP contribution in [0, 0.1) is 18.7 Å². The van der Waals surface area contributed by atoms with Crippen molar-refractivity contribution in [3.63, 3.8) is 0 Å². The maximum atomic E-state index is 13.2. The van der Waals surface area contributed by atoms with Crippen molar-refractivity contribution in [1.29, 1.82) is 0 Å². The zero-order valence-electron chi connectivity index (χ0n) is 10.0. The maximum absolute atomic E-state index is 13.2. The first kappa shape index (κ1) is 13.3. The zero-order valence-corrected chi connectivity index (χ0v) is 10.0. The highest BCUT2D eigenvalue weighted by Crippen LogP contribution is 2.35. The lowest BCUT2D eigenvalue weighted by Crippen LogP contribution is -2.40. The van der Waals surface area contributed by atoms with Crippen LogP contribution < -0.4 is 5.32 Å². The lowest BCUT2D eigenvalue weighted by Gasteiger charge is -2.31. The molecule has 100 valence electrons. The number of benzene rings is 1. The summed E-state index contributed by atoms with van der Waals surface area (Å²) in [5.41, 5.74) is 1.51. The second-order valence-corrected chi connectivity index (χ2v) is 4.84. The standard InChI is InChI=1S/C13H15F4N/c1-8-4-9(6-11(14)5-8)12-3-2-10(7-18-12)13(15,16)17/h4-6,10,12,18H,2-3,7H2,1H3. The summed E-state index contributed by atoms with van der Waals surface area (Å²) in [6.07, 6.45) is -3.67. The highest BCUT2D eigenvalue weighted by atomic mass is 19.4. The summed E-state index contributed by atoms with van der Waals surface area (Å²) in [5, 5.41) is 2.86.